The van der Waals surface area contributed by atoms with Gasteiger partial charge in [0.05, 0.1) is 18.8 Å². The molecule has 0 aliphatic heterocycles. The van der Waals surface area contributed by atoms with E-state index in [9.17, 15) is 19.2 Å². The summed E-state index contributed by atoms with van der Waals surface area (Å²) in [4.78, 5) is 46.8. The molecule has 0 fully saturated rings. The number of hydrogen-bond acceptors (Lipinski definition) is 7. The second-order valence-electron chi connectivity index (χ2n) is 11.4. The molecule has 0 saturated heterocycles. The van der Waals surface area contributed by atoms with Crippen LogP contribution in [0.3, 0.4) is 0 Å². The van der Waals surface area contributed by atoms with Gasteiger partial charge in [0.15, 0.2) is 0 Å². The Balaban J connectivity index is 4.05. The van der Waals surface area contributed by atoms with E-state index in [1.54, 1.807) is 6.92 Å². The third-order valence-electron chi connectivity index (χ3n) is 5.59. The summed E-state index contributed by atoms with van der Waals surface area (Å²) in [5, 5.41) is 0. The molecule has 7 heteroatoms. The van der Waals surface area contributed by atoms with Crippen LogP contribution in [0.15, 0.2) is 0 Å². The van der Waals surface area contributed by atoms with Crippen molar-refractivity contribution >= 4 is 23.5 Å². The molecule has 0 saturated carbocycles. The maximum Gasteiger partial charge on any atom is 0.306 e. The summed E-state index contributed by atoms with van der Waals surface area (Å²) in [6.07, 6.45) is 5.38. The predicted molar refractivity (Wildman–Crippen MR) is 132 cm³/mol. The van der Waals surface area contributed by atoms with Crippen LogP contribution >= 0.6 is 0 Å². The summed E-state index contributed by atoms with van der Waals surface area (Å²) in [6.45, 7) is 15.5. The smallest absolute Gasteiger partial charge is 0.306 e. The highest BCUT2D eigenvalue weighted by Crippen LogP contribution is 2.21. The van der Waals surface area contributed by atoms with Gasteiger partial charge in [-0.2, -0.15) is 0 Å². The molecule has 0 aromatic heterocycles. The Hall–Kier alpha value is -1.76. The van der Waals surface area contributed by atoms with Crippen LogP contribution in [0.25, 0.3) is 0 Å². The number of ketones is 2. The lowest BCUT2D eigenvalue weighted by Crippen LogP contribution is -2.33. The highest BCUT2D eigenvalue weighted by molar-refractivity contribution is 5.83. The molecule has 198 valence electrons. The molecule has 0 aliphatic carbocycles. The van der Waals surface area contributed by atoms with Gasteiger partial charge in [-0.25, -0.2) is 0 Å². The van der Waals surface area contributed by atoms with Crippen molar-refractivity contribution in [1.82, 2.24) is 0 Å². The molecular formula is C27H48O7. The molecule has 0 aromatic carbocycles. The average molecular weight is 485 g/mol. The van der Waals surface area contributed by atoms with Crippen LogP contribution in [0.2, 0.25) is 0 Å². The lowest BCUT2D eigenvalue weighted by Gasteiger charge is -2.29. The first kappa shape index (κ1) is 32.2. The Bertz CT molecular complexity index is 656. The fourth-order valence-corrected chi connectivity index (χ4v) is 3.11. The van der Waals surface area contributed by atoms with Crippen molar-refractivity contribution in [2.24, 2.45) is 5.41 Å². The average Bonchev–Trinajstić information content (AvgIpc) is 2.66. The minimum Gasteiger partial charge on any atom is -0.466 e. The van der Waals surface area contributed by atoms with Crippen molar-refractivity contribution < 1.29 is 33.4 Å². The van der Waals surface area contributed by atoms with Crippen LogP contribution in [-0.4, -0.2) is 47.9 Å². The van der Waals surface area contributed by atoms with Crippen molar-refractivity contribution in [3.05, 3.63) is 0 Å². The highest BCUT2D eigenvalue weighted by Gasteiger charge is 2.25. The van der Waals surface area contributed by atoms with Crippen molar-refractivity contribution in [2.75, 3.05) is 13.2 Å². The summed E-state index contributed by atoms with van der Waals surface area (Å²) < 4.78 is 16.8. The topological polar surface area (TPSA) is 96.0 Å². The molecule has 0 atom stereocenters. The van der Waals surface area contributed by atoms with Gasteiger partial charge in [0.25, 0.3) is 0 Å². The first-order chi connectivity index (χ1) is 15.5. The Morgan fingerprint density at radius 1 is 0.618 bits per heavy atom. The van der Waals surface area contributed by atoms with Crippen LogP contribution in [0.4, 0.5) is 0 Å². The summed E-state index contributed by atoms with van der Waals surface area (Å²) >= 11 is 0. The van der Waals surface area contributed by atoms with E-state index in [4.69, 9.17) is 14.2 Å². The standard InChI is InChI=1S/C27H48O7/c1-21(28)13-9-11-16-24(31)34-27(7,8)18-20-33-26(5,6)17-19-32-23(30)15-12-10-14-22(29)25(2,3)4/h9-20H2,1-8H3. The summed E-state index contributed by atoms with van der Waals surface area (Å²) in [6, 6.07) is 0. The molecule has 0 spiro atoms. The molecule has 0 unspecified atom stereocenters. The van der Waals surface area contributed by atoms with Gasteiger partial charge in [-0.05, 0) is 60.3 Å². The Morgan fingerprint density at radius 3 is 1.68 bits per heavy atom. The minimum absolute atomic E-state index is 0.132. The molecule has 0 radical (unpaired) electrons. The maximum atomic E-state index is 12.0. The van der Waals surface area contributed by atoms with Crippen LogP contribution in [-0.2, 0) is 33.4 Å². The number of carbonyl (C=O) groups is 4. The highest BCUT2D eigenvalue weighted by atomic mass is 16.6. The van der Waals surface area contributed by atoms with Gasteiger partial charge in [0, 0.05) is 43.9 Å². The fourth-order valence-electron chi connectivity index (χ4n) is 3.11. The Kier molecular flexibility index (Phi) is 14.5. The van der Waals surface area contributed by atoms with Crippen LogP contribution in [0.1, 0.15) is 120 Å². The molecule has 0 N–H and O–H groups in total. The van der Waals surface area contributed by atoms with Crippen LogP contribution in [0.5, 0.6) is 0 Å². The lowest BCUT2D eigenvalue weighted by molar-refractivity contribution is -0.159. The normalized spacial score (nSPS) is 12.4. The molecule has 7 nitrogen and oxygen atoms in total. The minimum atomic E-state index is -0.644. The van der Waals surface area contributed by atoms with Crippen LogP contribution < -0.4 is 0 Å². The number of unbranched alkanes of at least 4 members (excludes halogenated alkanes) is 2. The molecule has 0 rings (SSSR count). The zero-order valence-corrected chi connectivity index (χ0v) is 22.8. The number of ether oxygens (including phenoxy) is 3. The summed E-state index contributed by atoms with van der Waals surface area (Å²) in [5.41, 5.74) is -1.46. The largest absolute Gasteiger partial charge is 0.466 e. The molecule has 0 bridgehead atoms. The number of carbonyl (C=O) groups excluding carboxylic acids is 4. The second kappa shape index (κ2) is 15.3. The van der Waals surface area contributed by atoms with E-state index in [2.05, 4.69) is 0 Å². The van der Waals surface area contributed by atoms with Crippen molar-refractivity contribution in [3.63, 3.8) is 0 Å². The van der Waals surface area contributed by atoms with E-state index in [0.717, 1.165) is 0 Å². The third-order valence-corrected chi connectivity index (χ3v) is 5.59. The molecule has 0 aliphatic rings. The van der Waals surface area contributed by atoms with Gasteiger partial charge in [0.2, 0.25) is 0 Å². The lowest BCUT2D eigenvalue weighted by atomic mass is 9.88. The molecule has 0 heterocycles. The van der Waals surface area contributed by atoms with Crippen molar-refractivity contribution in [3.8, 4) is 0 Å². The molecule has 0 amide bonds. The SMILES string of the molecule is CC(=O)CCCCC(=O)OC(C)(C)CCOC(C)(C)CCOC(=O)CCCCC(=O)C(C)(C)C. The number of hydrogen-bond donors (Lipinski definition) is 0. The van der Waals surface area contributed by atoms with Gasteiger partial charge >= 0.3 is 11.9 Å². The monoisotopic (exact) mass is 484 g/mol. The Labute approximate surface area is 206 Å². The number of rotatable bonds is 18. The summed E-state index contributed by atoms with van der Waals surface area (Å²) in [5.74, 6) is -0.173. The van der Waals surface area contributed by atoms with E-state index < -0.39 is 11.2 Å². The first-order valence-corrected chi connectivity index (χ1v) is 12.6. The van der Waals surface area contributed by atoms with E-state index in [1.807, 2.05) is 48.5 Å². The second-order valence-corrected chi connectivity index (χ2v) is 11.4. The van der Waals surface area contributed by atoms with E-state index >= 15 is 0 Å². The molecule has 0 aromatic rings. The van der Waals surface area contributed by atoms with Gasteiger partial charge in [0.1, 0.15) is 17.2 Å². The first-order valence-electron chi connectivity index (χ1n) is 12.6. The van der Waals surface area contributed by atoms with Crippen molar-refractivity contribution in [2.45, 2.75) is 131 Å². The van der Waals surface area contributed by atoms with Gasteiger partial charge in [-0.15, -0.1) is 0 Å². The van der Waals surface area contributed by atoms with E-state index in [-0.39, 0.29) is 35.5 Å². The quantitative estimate of drug-likeness (QED) is 0.180. The number of esters is 2. The Morgan fingerprint density at radius 2 is 1.12 bits per heavy atom. The zero-order valence-electron chi connectivity index (χ0n) is 22.8. The maximum absolute atomic E-state index is 12.0. The summed E-state index contributed by atoms with van der Waals surface area (Å²) in [7, 11) is 0. The van der Waals surface area contributed by atoms with Gasteiger partial charge in [-0.3, -0.25) is 14.4 Å². The third kappa shape index (κ3) is 17.7. The van der Waals surface area contributed by atoms with Gasteiger partial charge in [-0.1, -0.05) is 20.8 Å². The predicted octanol–water partition coefficient (Wildman–Crippen LogP) is 5.75. The van der Waals surface area contributed by atoms with E-state index in [0.29, 0.717) is 70.8 Å². The van der Waals surface area contributed by atoms with Gasteiger partial charge < -0.3 is 19.0 Å². The fraction of sp³-hybridized carbons (Fsp3) is 0.852. The van der Waals surface area contributed by atoms with Crippen molar-refractivity contribution in [1.29, 1.82) is 0 Å². The number of Topliss-reactive ketones (excluding diaryl/α,β-unsaturated/α-hetero) is 2. The zero-order chi connectivity index (χ0) is 26.4. The van der Waals surface area contributed by atoms with Crippen LogP contribution in [0, 0.1) is 5.41 Å². The van der Waals surface area contributed by atoms with E-state index in [1.165, 1.54) is 0 Å². The molecule has 34 heavy (non-hydrogen) atoms. The molecular weight excluding hydrogens is 436 g/mol.